The van der Waals surface area contributed by atoms with Gasteiger partial charge in [-0.2, -0.15) is 0 Å². The summed E-state index contributed by atoms with van der Waals surface area (Å²) in [4.78, 5) is 20.9. The van der Waals surface area contributed by atoms with E-state index in [1.54, 1.807) is 6.20 Å². The highest BCUT2D eigenvalue weighted by Crippen LogP contribution is 2.42. The lowest BCUT2D eigenvalue weighted by Gasteiger charge is -2.39. The van der Waals surface area contributed by atoms with E-state index in [1.165, 1.54) is 0 Å². The zero-order valence-electron chi connectivity index (χ0n) is 15.4. The van der Waals surface area contributed by atoms with E-state index in [2.05, 4.69) is 4.98 Å². The summed E-state index contributed by atoms with van der Waals surface area (Å²) < 4.78 is 11.8. The zero-order valence-corrected chi connectivity index (χ0v) is 15.4. The van der Waals surface area contributed by atoms with Gasteiger partial charge in [0.05, 0.1) is 31.6 Å². The molecule has 142 valence electrons. The Kier molecular flexibility index (Phi) is 5.41. The third-order valence-corrected chi connectivity index (χ3v) is 6.04. The van der Waals surface area contributed by atoms with Gasteiger partial charge in [0, 0.05) is 32.4 Å². The molecule has 6 nitrogen and oxygen atoms in total. The van der Waals surface area contributed by atoms with Crippen molar-refractivity contribution in [2.45, 2.75) is 44.8 Å². The Hall–Kier alpha value is -1.66. The Morgan fingerprint density at radius 1 is 1.19 bits per heavy atom. The van der Waals surface area contributed by atoms with Crippen molar-refractivity contribution in [2.24, 2.45) is 5.41 Å². The molecule has 0 aromatic carbocycles. The molecule has 1 aromatic rings. The standard InChI is InChI=1S/C20H29N3O3/c24-19(22-9-3-4-10-22)23-11-6-20(7-12-23)13-18(26-16-20)15-25-14-17-5-1-2-8-21-17/h1-2,5,8,18H,3-4,6-7,9-16H2/t18-/m0/s1. The maximum atomic E-state index is 12.5. The average Bonchev–Trinajstić information content (AvgIpc) is 3.34. The molecule has 26 heavy (non-hydrogen) atoms. The smallest absolute Gasteiger partial charge is 0.319 e. The maximum Gasteiger partial charge on any atom is 0.319 e. The molecule has 6 heteroatoms. The van der Waals surface area contributed by atoms with Crippen molar-refractivity contribution in [3.63, 3.8) is 0 Å². The van der Waals surface area contributed by atoms with Crippen LogP contribution in [0.4, 0.5) is 4.79 Å². The molecular weight excluding hydrogens is 330 g/mol. The summed E-state index contributed by atoms with van der Waals surface area (Å²) >= 11 is 0. The van der Waals surface area contributed by atoms with Crippen LogP contribution in [0.5, 0.6) is 0 Å². The topological polar surface area (TPSA) is 54.9 Å². The van der Waals surface area contributed by atoms with Gasteiger partial charge in [-0.05, 0) is 49.7 Å². The van der Waals surface area contributed by atoms with E-state index >= 15 is 0 Å². The minimum atomic E-state index is 0.166. The van der Waals surface area contributed by atoms with Gasteiger partial charge in [-0.15, -0.1) is 0 Å². The number of rotatable bonds is 4. The van der Waals surface area contributed by atoms with Gasteiger partial charge in [-0.1, -0.05) is 6.07 Å². The average molecular weight is 359 g/mol. The third-order valence-electron chi connectivity index (χ3n) is 6.04. The summed E-state index contributed by atoms with van der Waals surface area (Å²) in [6.07, 6.45) is 7.39. The molecule has 2 amide bonds. The monoisotopic (exact) mass is 359 g/mol. The first-order valence-electron chi connectivity index (χ1n) is 9.87. The predicted octanol–water partition coefficient (Wildman–Crippen LogP) is 2.69. The Balaban J connectivity index is 1.20. The second-order valence-corrected chi connectivity index (χ2v) is 7.94. The number of aromatic nitrogens is 1. The number of carbonyl (C=O) groups is 1. The molecular formula is C20H29N3O3. The number of likely N-dealkylation sites (tertiary alicyclic amines) is 2. The lowest BCUT2D eigenvalue weighted by molar-refractivity contribution is 0.00600. The van der Waals surface area contributed by atoms with Crippen LogP contribution in [-0.2, 0) is 16.1 Å². The quantitative estimate of drug-likeness (QED) is 0.829. The predicted molar refractivity (Wildman–Crippen MR) is 97.7 cm³/mol. The van der Waals surface area contributed by atoms with E-state index in [1.807, 2.05) is 28.0 Å². The number of hydrogen-bond donors (Lipinski definition) is 0. The molecule has 0 radical (unpaired) electrons. The van der Waals surface area contributed by atoms with E-state index in [0.29, 0.717) is 13.2 Å². The summed E-state index contributed by atoms with van der Waals surface area (Å²) in [7, 11) is 0. The van der Waals surface area contributed by atoms with E-state index < -0.39 is 0 Å². The van der Waals surface area contributed by atoms with Gasteiger partial charge in [-0.25, -0.2) is 4.79 Å². The number of nitrogens with zero attached hydrogens (tertiary/aromatic N) is 3. The second-order valence-electron chi connectivity index (χ2n) is 7.94. The van der Waals surface area contributed by atoms with Crippen molar-refractivity contribution < 1.29 is 14.3 Å². The van der Waals surface area contributed by atoms with Crippen LogP contribution < -0.4 is 0 Å². The zero-order chi connectivity index (χ0) is 17.8. The summed E-state index contributed by atoms with van der Waals surface area (Å²) in [6, 6.07) is 6.11. The van der Waals surface area contributed by atoms with E-state index in [9.17, 15) is 4.79 Å². The highest BCUT2D eigenvalue weighted by molar-refractivity contribution is 5.74. The molecule has 0 saturated carbocycles. The number of amides is 2. The van der Waals surface area contributed by atoms with Crippen LogP contribution in [0.25, 0.3) is 0 Å². The molecule has 3 fully saturated rings. The van der Waals surface area contributed by atoms with Gasteiger partial charge in [0.15, 0.2) is 0 Å². The molecule has 0 N–H and O–H groups in total. The molecule has 1 aromatic heterocycles. The number of ether oxygens (including phenoxy) is 2. The van der Waals surface area contributed by atoms with Crippen molar-refractivity contribution in [1.82, 2.24) is 14.8 Å². The normalized spacial score (nSPS) is 25.2. The summed E-state index contributed by atoms with van der Waals surface area (Å²) in [5, 5.41) is 0. The SMILES string of the molecule is O=C(N1CCCC1)N1CCC2(CC1)CO[C@H](COCc1ccccn1)C2. The Morgan fingerprint density at radius 2 is 1.96 bits per heavy atom. The fourth-order valence-electron chi connectivity index (χ4n) is 4.41. The fourth-order valence-corrected chi connectivity index (χ4v) is 4.41. The van der Waals surface area contributed by atoms with Gasteiger partial charge < -0.3 is 19.3 Å². The minimum absolute atomic E-state index is 0.166. The van der Waals surface area contributed by atoms with Crippen LogP contribution >= 0.6 is 0 Å². The number of hydrogen-bond acceptors (Lipinski definition) is 4. The largest absolute Gasteiger partial charge is 0.375 e. The Bertz CT molecular complexity index is 596. The van der Waals surface area contributed by atoms with Crippen LogP contribution in [0.15, 0.2) is 24.4 Å². The highest BCUT2D eigenvalue weighted by atomic mass is 16.5. The summed E-state index contributed by atoms with van der Waals surface area (Å²) in [6.45, 7) is 5.54. The number of piperidine rings is 1. The van der Waals surface area contributed by atoms with Crippen molar-refractivity contribution in [3.05, 3.63) is 30.1 Å². The van der Waals surface area contributed by atoms with Crippen molar-refractivity contribution in [1.29, 1.82) is 0 Å². The number of carbonyl (C=O) groups excluding carboxylic acids is 1. The summed E-state index contributed by atoms with van der Waals surface area (Å²) in [5.74, 6) is 0. The molecule has 3 aliphatic heterocycles. The molecule has 4 rings (SSSR count). The summed E-state index contributed by atoms with van der Waals surface area (Å²) in [5.41, 5.74) is 1.19. The fraction of sp³-hybridized carbons (Fsp3) is 0.700. The van der Waals surface area contributed by atoms with Gasteiger partial charge in [-0.3, -0.25) is 4.98 Å². The van der Waals surface area contributed by atoms with Crippen LogP contribution in [-0.4, -0.2) is 66.3 Å². The molecule has 1 spiro atoms. The Labute approximate surface area is 155 Å². The third kappa shape index (κ3) is 4.01. The van der Waals surface area contributed by atoms with Crippen molar-refractivity contribution >= 4 is 6.03 Å². The van der Waals surface area contributed by atoms with Crippen LogP contribution in [0.1, 0.15) is 37.8 Å². The molecule has 1 atom stereocenters. The molecule has 3 saturated heterocycles. The van der Waals surface area contributed by atoms with Crippen LogP contribution in [0.3, 0.4) is 0 Å². The molecule has 4 heterocycles. The van der Waals surface area contributed by atoms with E-state index in [-0.39, 0.29) is 17.6 Å². The number of urea groups is 1. The van der Waals surface area contributed by atoms with Crippen LogP contribution in [0, 0.1) is 5.41 Å². The van der Waals surface area contributed by atoms with Gasteiger partial charge in [0.25, 0.3) is 0 Å². The number of pyridine rings is 1. The first-order valence-corrected chi connectivity index (χ1v) is 9.87. The van der Waals surface area contributed by atoms with Crippen LogP contribution in [0.2, 0.25) is 0 Å². The highest BCUT2D eigenvalue weighted by Gasteiger charge is 2.43. The first kappa shape index (κ1) is 17.7. The van der Waals surface area contributed by atoms with E-state index in [0.717, 1.165) is 70.6 Å². The van der Waals surface area contributed by atoms with Gasteiger partial charge >= 0.3 is 6.03 Å². The maximum absolute atomic E-state index is 12.5. The molecule has 0 bridgehead atoms. The van der Waals surface area contributed by atoms with Crippen molar-refractivity contribution in [3.8, 4) is 0 Å². The first-order chi connectivity index (χ1) is 12.7. The van der Waals surface area contributed by atoms with Gasteiger partial charge in [0.2, 0.25) is 0 Å². The lowest BCUT2D eigenvalue weighted by Crippen LogP contribution is -2.48. The van der Waals surface area contributed by atoms with Gasteiger partial charge in [0.1, 0.15) is 0 Å². The minimum Gasteiger partial charge on any atom is -0.375 e. The second kappa shape index (κ2) is 7.92. The lowest BCUT2D eigenvalue weighted by atomic mass is 9.77. The molecule has 3 aliphatic rings. The molecule has 0 unspecified atom stereocenters. The Morgan fingerprint density at radius 3 is 2.69 bits per heavy atom. The van der Waals surface area contributed by atoms with Crippen molar-refractivity contribution in [2.75, 3.05) is 39.4 Å². The molecule has 0 aliphatic carbocycles. The van der Waals surface area contributed by atoms with E-state index in [4.69, 9.17) is 9.47 Å².